The summed E-state index contributed by atoms with van der Waals surface area (Å²) in [4.78, 5) is 14.6. The van der Waals surface area contributed by atoms with Crippen molar-refractivity contribution in [2.45, 2.75) is 71.1 Å². The van der Waals surface area contributed by atoms with E-state index < -0.39 is 13.9 Å². The van der Waals surface area contributed by atoms with Crippen LogP contribution in [0.15, 0.2) is 72.8 Å². The molecule has 0 spiro atoms. The summed E-state index contributed by atoms with van der Waals surface area (Å²) >= 11 is 0. The molecule has 4 nitrogen and oxygen atoms in total. The number of hydrogen-bond donors (Lipinski definition) is 0. The molecule has 0 saturated carbocycles. The maximum absolute atomic E-state index is 12.8. The molecule has 1 atom stereocenters. The van der Waals surface area contributed by atoms with Crippen LogP contribution < -0.4 is 10.4 Å². The standard InChI is InChI=1S/C28H39NO3Si/c1-22(25-19-14-20-29(25)26(30)32-27(2,3)4)21-31-33(28(5,6)7,23-15-10-8-11-16-23)24-17-12-9-13-18-24/h8-13,15-18,25H,1,14,19-21H2,2-7H3/t25-/m1/s1. The van der Waals surface area contributed by atoms with E-state index in [1.54, 1.807) is 0 Å². The molecule has 1 aliphatic heterocycles. The second kappa shape index (κ2) is 9.86. The van der Waals surface area contributed by atoms with Crippen LogP contribution in [0.3, 0.4) is 0 Å². The number of carbonyl (C=O) groups excluding carboxylic acids is 1. The number of carbonyl (C=O) groups is 1. The van der Waals surface area contributed by atoms with Gasteiger partial charge in [0.05, 0.1) is 12.6 Å². The maximum Gasteiger partial charge on any atom is 0.410 e. The van der Waals surface area contributed by atoms with Crippen LogP contribution >= 0.6 is 0 Å². The molecule has 0 N–H and O–H groups in total. The van der Waals surface area contributed by atoms with Crippen molar-refractivity contribution < 1.29 is 14.0 Å². The first-order chi connectivity index (χ1) is 15.5. The minimum absolute atomic E-state index is 0.0573. The summed E-state index contributed by atoms with van der Waals surface area (Å²) < 4.78 is 12.7. The molecule has 0 aliphatic carbocycles. The molecule has 1 heterocycles. The van der Waals surface area contributed by atoms with Crippen LogP contribution in [-0.4, -0.2) is 44.1 Å². The molecule has 1 saturated heterocycles. The summed E-state index contributed by atoms with van der Waals surface area (Å²) in [6.07, 6.45) is 1.57. The quantitative estimate of drug-likeness (QED) is 0.417. The van der Waals surface area contributed by atoms with Gasteiger partial charge in [0, 0.05) is 6.54 Å². The van der Waals surface area contributed by atoms with Crippen molar-refractivity contribution in [3.63, 3.8) is 0 Å². The molecule has 5 heteroatoms. The number of likely N-dealkylation sites (tertiary alicyclic amines) is 1. The fourth-order valence-corrected chi connectivity index (χ4v) is 9.35. The Balaban J connectivity index is 1.90. The zero-order valence-electron chi connectivity index (χ0n) is 21.1. The number of hydrogen-bond acceptors (Lipinski definition) is 3. The zero-order valence-corrected chi connectivity index (χ0v) is 22.1. The van der Waals surface area contributed by atoms with E-state index in [4.69, 9.17) is 9.16 Å². The van der Waals surface area contributed by atoms with Crippen LogP contribution in [0.4, 0.5) is 4.79 Å². The van der Waals surface area contributed by atoms with Crippen LogP contribution in [0.5, 0.6) is 0 Å². The highest BCUT2D eigenvalue weighted by atomic mass is 28.4. The Labute approximate surface area is 200 Å². The Kier molecular flexibility index (Phi) is 7.54. The van der Waals surface area contributed by atoms with Gasteiger partial charge in [-0.3, -0.25) is 0 Å². The number of ether oxygens (including phenoxy) is 1. The van der Waals surface area contributed by atoms with Crippen molar-refractivity contribution in [2.75, 3.05) is 13.2 Å². The Morgan fingerprint density at radius 1 is 0.970 bits per heavy atom. The molecule has 178 valence electrons. The third-order valence-electron chi connectivity index (χ3n) is 6.24. The minimum atomic E-state index is -2.65. The second-order valence-corrected chi connectivity index (χ2v) is 15.2. The molecule has 0 radical (unpaired) electrons. The summed E-state index contributed by atoms with van der Waals surface area (Å²) in [5, 5.41) is 2.38. The van der Waals surface area contributed by atoms with Gasteiger partial charge in [0.15, 0.2) is 0 Å². The Bertz CT molecular complexity index is 905. The molecule has 1 aliphatic rings. The van der Waals surface area contributed by atoms with Gasteiger partial charge in [-0.15, -0.1) is 0 Å². The van der Waals surface area contributed by atoms with Crippen LogP contribution in [0.2, 0.25) is 5.04 Å². The van der Waals surface area contributed by atoms with Gasteiger partial charge < -0.3 is 14.1 Å². The van der Waals surface area contributed by atoms with E-state index in [1.807, 2.05) is 37.8 Å². The minimum Gasteiger partial charge on any atom is -0.444 e. The fourth-order valence-electron chi connectivity index (χ4n) is 4.79. The zero-order chi connectivity index (χ0) is 24.3. The normalized spacial score (nSPS) is 17.2. The predicted molar refractivity (Wildman–Crippen MR) is 139 cm³/mol. The predicted octanol–water partition coefficient (Wildman–Crippen LogP) is 5.52. The lowest BCUT2D eigenvalue weighted by molar-refractivity contribution is 0.0244. The molecule has 0 aromatic heterocycles. The molecule has 1 fully saturated rings. The van der Waals surface area contributed by atoms with E-state index in [1.165, 1.54) is 10.4 Å². The van der Waals surface area contributed by atoms with Crippen molar-refractivity contribution in [3.05, 3.63) is 72.8 Å². The topological polar surface area (TPSA) is 38.8 Å². The highest BCUT2D eigenvalue weighted by molar-refractivity contribution is 6.99. The first kappa shape index (κ1) is 25.3. The van der Waals surface area contributed by atoms with Gasteiger partial charge in [-0.1, -0.05) is 88.0 Å². The molecule has 1 amide bonds. The molecule has 2 aromatic rings. The maximum atomic E-state index is 12.8. The summed E-state index contributed by atoms with van der Waals surface area (Å²) in [5.74, 6) is 0. The largest absolute Gasteiger partial charge is 0.444 e. The Morgan fingerprint density at radius 3 is 1.94 bits per heavy atom. The first-order valence-electron chi connectivity index (χ1n) is 11.9. The SMILES string of the molecule is C=C(CO[Si](c1ccccc1)(c1ccccc1)C(C)(C)C)[C@H]1CCCN1C(=O)OC(C)(C)C. The smallest absolute Gasteiger partial charge is 0.410 e. The molecule has 33 heavy (non-hydrogen) atoms. The van der Waals surface area contributed by atoms with E-state index in [-0.39, 0.29) is 17.2 Å². The highest BCUT2D eigenvalue weighted by Gasteiger charge is 2.50. The van der Waals surface area contributed by atoms with E-state index in [9.17, 15) is 4.79 Å². The Hall–Kier alpha value is -2.37. The lowest BCUT2D eigenvalue weighted by Crippen LogP contribution is -2.66. The molecule has 0 unspecified atom stereocenters. The lowest BCUT2D eigenvalue weighted by atomic mass is 10.1. The first-order valence-corrected chi connectivity index (χ1v) is 13.8. The number of rotatable bonds is 6. The third kappa shape index (κ3) is 5.59. The van der Waals surface area contributed by atoms with Crippen molar-refractivity contribution in [3.8, 4) is 0 Å². The third-order valence-corrected chi connectivity index (χ3v) is 11.2. The van der Waals surface area contributed by atoms with Crippen molar-refractivity contribution in [1.82, 2.24) is 4.90 Å². The monoisotopic (exact) mass is 465 g/mol. The number of benzene rings is 2. The van der Waals surface area contributed by atoms with Gasteiger partial charge in [-0.05, 0) is 54.6 Å². The summed E-state index contributed by atoms with van der Waals surface area (Å²) in [6.45, 7) is 18.0. The Morgan fingerprint density at radius 2 is 1.48 bits per heavy atom. The molecular formula is C28H39NO3Si. The van der Waals surface area contributed by atoms with E-state index in [0.29, 0.717) is 13.2 Å². The van der Waals surface area contributed by atoms with Crippen LogP contribution in [0.25, 0.3) is 0 Å². The molecule has 3 rings (SSSR count). The van der Waals surface area contributed by atoms with Crippen molar-refractivity contribution in [2.24, 2.45) is 0 Å². The lowest BCUT2D eigenvalue weighted by Gasteiger charge is -2.43. The summed E-state index contributed by atoms with van der Waals surface area (Å²) in [7, 11) is -2.65. The van der Waals surface area contributed by atoms with E-state index in [2.05, 4.69) is 75.9 Å². The van der Waals surface area contributed by atoms with E-state index in [0.717, 1.165) is 18.4 Å². The van der Waals surface area contributed by atoms with Gasteiger partial charge in [0.25, 0.3) is 8.32 Å². The summed E-state index contributed by atoms with van der Waals surface area (Å²) in [6, 6.07) is 21.2. The number of nitrogens with zero attached hydrogens (tertiary/aromatic N) is 1. The van der Waals surface area contributed by atoms with Crippen LogP contribution in [0, 0.1) is 0 Å². The average Bonchev–Trinajstić information content (AvgIpc) is 3.24. The second-order valence-electron chi connectivity index (χ2n) is 10.9. The van der Waals surface area contributed by atoms with Crippen molar-refractivity contribution in [1.29, 1.82) is 0 Å². The molecular weight excluding hydrogens is 426 g/mol. The van der Waals surface area contributed by atoms with Crippen LogP contribution in [-0.2, 0) is 9.16 Å². The molecule has 2 aromatic carbocycles. The van der Waals surface area contributed by atoms with Crippen LogP contribution in [0.1, 0.15) is 54.4 Å². The van der Waals surface area contributed by atoms with Gasteiger partial charge in [0.2, 0.25) is 0 Å². The average molecular weight is 466 g/mol. The highest BCUT2D eigenvalue weighted by Crippen LogP contribution is 2.37. The van der Waals surface area contributed by atoms with Gasteiger partial charge >= 0.3 is 6.09 Å². The van der Waals surface area contributed by atoms with Crippen molar-refractivity contribution >= 4 is 24.8 Å². The van der Waals surface area contributed by atoms with Gasteiger partial charge in [0.1, 0.15) is 5.60 Å². The molecule has 0 bridgehead atoms. The van der Waals surface area contributed by atoms with E-state index >= 15 is 0 Å². The number of amides is 1. The summed E-state index contributed by atoms with van der Waals surface area (Å²) in [5.41, 5.74) is 0.420. The van der Waals surface area contributed by atoms with Gasteiger partial charge in [-0.2, -0.15) is 0 Å². The van der Waals surface area contributed by atoms with Gasteiger partial charge in [-0.25, -0.2) is 4.79 Å². The fraction of sp³-hybridized carbons (Fsp3) is 0.464.